The second-order valence-electron chi connectivity index (χ2n) is 7.45. The molecule has 2 amide bonds. The molecule has 1 aliphatic rings. The summed E-state index contributed by atoms with van der Waals surface area (Å²) >= 11 is 1.51. The lowest BCUT2D eigenvalue weighted by molar-refractivity contribution is 0.0699. The summed E-state index contributed by atoms with van der Waals surface area (Å²) < 4.78 is 5.20. The summed E-state index contributed by atoms with van der Waals surface area (Å²) in [5.41, 5.74) is 2.99. The van der Waals surface area contributed by atoms with E-state index < -0.39 is 0 Å². The Morgan fingerprint density at radius 1 is 1.03 bits per heavy atom. The maximum atomic E-state index is 13.2. The number of nitrogens with one attached hydrogen (secondary N) is 2. The minimum absolute atomic E-state index is 0.000720. The first-order valence-electron chi connectivity index (χ1n) is 10.3. The number of methoxy groups -OCH3 is 1. The smallest absolute Gasteiger partial charge is 0.255 e. The van der Waals surface area contributed by atoms with E-state index in [-0.39, 0.29) is 17.9 Å². The maximum Gasteiger partial charge on any atom is 0.255 e. The third-order valence-corrected chi connectivity index (χ3v) is 6.11. The van der Waals surface area contributed by atoms with Crippen LogP contribution in [0.3, 0.4) is 0 Å². The molecule has 2 N–H and O–H groups in total. The van der Waals surface area contributed by atoms with E-state index in [9.17, 15) is 9.59 Å². The number of carbonyl (C=O) groups excluding carboxylic acids is 2. The van der Waals surface area contributed by atoms with Crippen LogP contribution in [-0.2, 0) is 0 Å². The third kappa shape index (κ3) is 5.06. The van der Waals surface area contributed by atoms with Crippen molar-refractivity contribution in [2.24, 2.45) is 0 Å². The standard InChI is InChI=1S/C24H25N3O3S/c1-30-20-8-6-18(7-9-20)25-22-5-3-2-4-21(22)24(29)27-13-10-19(11-14-27)26-23(28)17-12-15-31-16-17/h2-9,12,15-16,19,25H,10-11,13-14H2,1H3,(H,26,28). The fourth-order valence-corrected chi connectivity index (χ4v) is 4.30. The first-order chi connectivity index (χ1) is 15.1. The molecule has 3 aromatic rings. The predicted molar refractivity (Wildman–Crippen MR) is 123 cm³/mol. The molecule has 2 heterocycles. The van der Waals surface area contributed by atoms with E-state index in [4.69, 9.17) is 4.74 Å². The van der Waals surface area contributed by atoms with Crippen molar-refractivity contribution in [3.05, 3.63) is 76.5 Å². The van der Waals surface area contributed by atoms with E-state index >= 15 is 0 Å². The van der Waals surface area contributed by atoms with Crippen LogP contribution in [0.25, 0.3) is 0 Å². The van der Waals surface area contributed by atoms with Gasteiger partial charge in [-0.3, -0.25) is 9.59 Å². The first-order valence-corrected chi connectivity index (χ1v) is 11.2. The van der Waals surface area contributed by atoms with Crippen LogP contribution in [0.1, 0.15) is 33.6 Å². The second kappa shape index (κ2) is 9.66. The normalized spacial score (nSPS) is 14.2. The van der Waals surface area contributed by atoms with Crippen molar-refractivity contribution in [1.29, 1.82) is 0 Å². The fourth-order valence-electron chi connectivity index (χ4n) is 3.67. The Labute approximate surface area is 185 Å². The lowest BCUT2D eigenvalue weighted by Gasteiger charge is -2.32. The van der Waals surface area contributed by atoms with E-state index in [1.165, 1.54) is 11.3 Å². The van der Waals surface area contributed by atoms with Gasteiger partial charge in [-0.05, 0) is 60.7 Å². The number of hydrogen-bond donors (Lipinski definition) is 2. The molecule has 6 nitrogen and oxygen atoms in total. The van der Waals surface area contributed by atoms with Gasteiger partial charge in [0.2, 0.25) is 0 Å². The molecule has 1 aliphatic heterocycles. The molecule has 1 saturated heterocycles. The number of ether oxygens (including phenoxy) is 1. The Kier molecular flexibility index (Phi) is 6.52. The van der Waals surface area contributed by atoms with E-state index in [1.54, 1.807) is 7.11 Å². The predicted octanol–water partition coefficient (Wildman–Crippen LogP) is 4.53. The molecule has 7 heteroatoms. The van der Waals surface area contributed by atoms with Crippen LogP contribution in [-0.4, -0.2) is 43.0 Å². The van der Waals surface area contributed by atoms with Gasteiger partial charge in [0.15, 0.2) is 0 Å². The van der Waals surface area contributed by atoms with Crippen molar-refractivity contribution >= 4 is 34.5 Å². The van der Waals surface area contributed by atoms with Gasteiger partial charge in [-0.1, -0.05) is 12.1 Å². The maximum absolute atomic E-state index is 13.2. The number of piperidine rings is 1. The number of carbonyl (C=O) groups is 2. The van der Waals surface area contributed by atoms with E-state index in [2.05, 4.69) is 10.6 Å². The molecule has 0 saturated carbocycles. The summed E-state index contributed by atoms with van der Waals surface area (Å²) in [4.78, 5) is 27.3. The number of thiophene rings is 1. The zero-order valence-electron chi connectivity index (χ0n) is 17.3. The number of amides is 2. The number of benzene rings is 2. The molecular formula is C24H25N3O3S. The van der Waals surface area contributed by atoms with E-state index in [1.807, 2.05) is 70.3 Å². The highest BCUT2D eigenvalue weighted by Gasteiger charge is 2.26. The van der Waals surface area contributed by atoms with Crippen molar-refractivity contribution < 1.29 is 14.3 Å². The fraction of sp³-hybridized carbons (Fsp3) is 0.250. The zero-order chi connectivity index (χ0) is 21.6. The van der Waals surface area contributed by atoms with Gasteiger partial charge >= 0.3 is 0 Å². The lowest BCUT2D eigenvalue weighted by atomic mass is 10.0. The Balaban J connectivity index is 1.38. The molecule has 0 aliphatic carbocycles. The summed E-state index contributed by atoms with van der Waals surface area (Å²) in [6.45, 7) is 1.23. The highest BCUT2D eigenvalue weighted by molar-refractivity contribution is 7.08. The molecule has 0 spiro atoms. The van der Waals surface area contributed by atoms with Crippen molar-refractivity contribution in [2.45, 2.75) is 18.9 Å². The Bertz CT molecular complexity index is 1030. The average Bonchev–Trinajstić information content (AvgIpc) is 3.35. The molecule has 31 heavy (non-hydrogen) atoms. The van der Waals surface area contributed by atoms with E-state index in [0.29, 0.717) is 24.2 Å². The number of likely N-dealkylation sites (tertiary alicyclic amines) is 1. The van der Waals surface area contributed by atoms with Crippen molar-refractivity contribution in [3.8, 4) is 5.75 Å². The monoisotopic (exact) mass is 435 g/mol. The van der Waals surface area contributed by atoms with E-state index in [0.717, 1.165) is 30.0 Å². The van der Waals surface area contributed by atoms with Crippen molar-refractivity contribution in [1.82, 2.24) is 10.2 Å². The van der Waals surface area contributed by atoms with Crippen LogP contribution in [0.5, 0.6) is 5.75 Å². The van der Waals surface area contributed by atoms with Gasteiger partial charge in [0.25, 0.3) is 11.8 Å². The highest BCUT2D eigenvalue weighted by atomic mass is 32.1. The number of anilines is 2. The molecule has 0 bridgehead atoms. The summed E-state index contributed by atoms with van der Waals surface area (Å²) in [7, 11) is 1.63. The number of rotatable bonds is 6. The molecular weight excluding hydrogens is 410 g/mol. The summed E-state index contributed by atoms with van der Waals surface area (Å²) in [5.74, 6) is 0.739. The number of nitrogens with zero attached hydrogens (tertiary/aromatic N) is 1. The SMILES string of the molecule is COc1ccc(Nc2ccccc2C(=O)N2CCC(NC(=O)c3ccsc3)CC2)cc1. The molecule has 0 radical (unpaired) electrons. The summed E-state index contributed by atoms with van der Waals surface area (Å²) in [6.07, 6.45) is 1.49. The highest BCUT2D eigenvalue weighted by Crippen LogP contribution is 2.25. The van der Waals surface area contributed by atoms with Crippen molar-refractivity contribution in [3.63, 3.8) is 0 Å². The van der Waals surface area contributed by atoms with Gasteiger partial charge < -0.3 is 20.3 Å². The Hall–Kier alpha value is -3.32. The third-order valence-electron chi connectivity index (χ3n) is 5.43. The largest absolute Gasteiger partial charge is 0.497 e. The number of para-hydroxylation sites is 1. The lowest BCUT2D eigenvalue weighted by Crippen LogP contribution is -2.46. The molecule has 0 atom stereocenters. The zero-order valence-corrected chi connectivity index (χ0v) is 18.2. The molecule has 4 rings (SSSR count). The summed E-state index contributed by atoms with van der Waals surface area (Å²) in [5, 5.41) is 10.2. The van der Waals surface area contributed by atoms with Gasteiger partial charge in [-0.2, -0.15) is 11.3 Å². The van der Waals surface area contributed by atoms with Crippen LogP contribution in [0.2, 0.25) is 0 Å². The molecule has 2 aromatic carbocycles. The molecule has 1 aromatic heterocycles. The average molecular weight is 436 g/mol. The van der Waals surface area contributed by atoms with Gasteiger partial charge in [-0.25, -0.2) is 0 Å². The number of hydrogen-bond acceptors (Lipinski definition) is 5. The quantitative estimate of drug-likeness (QED) is 0.597. The Morgan fingerprint density at radius 2 is 1.77 bits per heavy atom. The molecule has 160 valence electrons. The minimum atomic E-state index is -0.0416. The van der Waals surface area contributed by atoms with Crippen molar-refractivity contribution in [2.75, 3.05) is 25.5 Å². The summed E-state index contributed by atoms with van der Waals surface area (Å²) in [6, 6.07) is 17.0. The topological polar surface area (TPSA) is 70.7 Å². The Morgan fingerprint density at radius 3 is 2.45 bits per heavy atom. The van der Waals surface area contributed by atoms with Gasteiger partial charge in [-0.15, -0.1) is 0 Å². The van der Waals surface area contributed by atoms with Gasteiger partial charge in [0, 0.05) is 35.8 Å². The first kappa shape index (κ1) is 20.9. The van der Waals surface area contributed by atoms with Crippen LogP contribution in [0.4, 0.5) is 11.4 Å². The van der Waals surface area contributed by atoms with Crippen LogP contribution in [0, 0.1) is 0 Å². The van der Waals surface area contributed by atoms with Crippen LogP contribution < -0.4 is 15.4 Å². The second-order valence-corrected chi connectivity index (χ2v) is 8.23. The van der Waals surface area contributed by atoms with Crippen LogP contribution >= 0.6 is 11.3 Å². The molecule has 1 fully saturated rings. The van der Waals surface area contributed by atoms with Gasteiger partial charge in [0.05, 0.1) is 18.4 Å². The van der Waals surface area contributed by atoms with Crippen LogP contribution in [0.15, 0.2) is 65.4 Å². The molecule has 0 unspecified atom stereocenters. The van der Waals surface area contributed by atoms with Gasteiger partial charge in [0.1, 0.15) is 5.75 Å². The minimum Gasteiger partial charge on any atom is -0.497 e.